The number of nitrogens with two attached hydrogens (primary N) is 2. The second-order valence-corrected chi connectivity index (χ2v) is 5.02. The van der Waals surface area contributed by atoms with Crippen LogP contribution in [0, 0.1) is 5.92 Å². The third kappa shape index (κ3) is 1.79. The molecule has 0 aromatic carbocycles. The maximum atomic E-state index is 10.1. The lowest BCUT2D eigenvalue weighted by Gasteiger charge is -2.18. The standard InChI is InChI=1S/C11H16N6O3/c12-9-6-10(16-11(13)15-9)17(3-14-6)5-1-4(2-18)7(19)8(5)20/h3-5,7-8,18-20H,1-2H2,(H4,12,13,15,16)/t4-,5-,7-,8+/m0/s1. The summed E-state index contributed by atoms with van der Waals surface area (Å²) in [6, 6.07) is -0.444. The Bertz CT molecular complexity index is 644. The van der Waals surface area contributed by atoms with Crippen molar-refractivity contribution in [3.05, 3.63) is 6.33 Å². The molecule has 0 spiro atoms. The zero-order chi connectivity index (χ0) is 14.4. The molecule has 108 valence electrons. The molecule has 0 amide bonds. The van der Waals surface area contributed by atoms with Gasteiger partial charge in [0, 0.05) is 12.5 Å². The third-order valence-electron chi connectivity index (χ3n) is 3.83. The predicted molar refractivity (Wildman–Crippen MR) is 70.4 cm³/mol. The lowest BCUT2D eigenvalue weighted by Crippen LogP contribution is -2.30. The Morgan fingerprint density at radius 3 is 2.65 bits per heavy atom. The van der Waals surface area contributed by atoms with Gasteiger partial charge in [-0.15, -0.1) is 0 Å². The topological polar surface area (TPSA) is 156 Å². The van der Waals surface area contributed by atoms with Crippen molar-refractivity contribution in [1.29, 1.82) is 0 Å². The molecule has 0 aliphatic heterocycles. The van der Waals surface area contributed by atoms with E-state index in [0.717, 1.165) is 0 Å². The van der Waals surface area contributed by atoms with Crippen molar-refractivity contribution < 1.29 is 15.3 Å². The molecule has 20 heavy (non-hydrogen) atoms. The molecule has 2 aromatic heterocycles. The molecular formula is C11H16N6O3. The second-order valence-electron chi connectivity index (χ2n) is 5.02. The van der Waals surface area contributed by atoms with Crippen LogP contribution in [0.3, 0.4) is 0 Å². The Balaban J connectivity index is 2.07. The molecule has 4 atom stereocenters. The fraction of sp³-hybridized carbons (Fsp3) is 0.545. The van der Waals surface area contributed by atoms with E-state index < -0.39 is 18.2 Å². The van der Waals surface area contributed by atoms with Crippen LogP contribution in [-0.4, -0.2) is 53.7 Å². The summed E-state index contributed by atoms with van der Waals surface area (Å²) in [5.41, 5.74) is 12.1. The highest BCUT2D eigenvalue weighted by Gasteiger charge is 2.42. The molecule has 0 saturated heterocycles. The SMILES string of the molecule is Nc1nc(N)c2ncn([C@H]3C[C@@H](CO)[C@H](O)[C@@H]3O)c2n1. The van der Waals surface area contributed by atoms with Gasteiger partial charge in [-0.1, -0.05) is 0 Å². The fourth-order valence-electron chi connectivity index (χ4n) is 2.75. The van der Waals surface area contributed by atoms with E-state index >= 15 is 0 Å². The molecule has 1 fully saturated rings. The van der Waals surface area contributed by atoms with Gasteiger partial charge in [0.05, 0.1) is 18.5 Å². The van der Waals surface area contributed by atoms with E-state index in [1.807, 2.05) is 0 Å². The van der Waals surface area contributed by atoms with E-state index in [0.29, 0.717) is 17.6 Å². The van der Waals surface area contributed by atoms with Crippen molar-refractivity contribution in [2.45, 2.75) is 24.7 Å². The van der Waals surface area contributed by atoms with Crippen LogP contribution in [0.1, 0.15) is 12.5 Å². The van der Waals surface area contributed by atoms with Crippen LogP contribution in [0.4, 0.5) is 11.8 Å². The van der Waals surface area contributed by atoms with E-state index in [4.69, 9.17) is 11.5 Å². The van der Waals surface area contributed by atoms with E-state index in [2.05, 4.69) is 15.0 Å². The summed E-state index contributed by atoms with van der Waals surface area (Å²) < 4.78 is 1.62. The molecule has 0 radical (unpaired) electrons. The third-order valence-corrected chi connectivity index (χ3v) is 3.83. The Morgan fingerprint density at radius 2 is 2.00 bits per heavy atom. The van der Waals surface area contributed by atoms with Crippen LogP contribution >= 0.6 is 0 Å². The molecule has 0 bridgehead atoms. The lowest BCUT2D eigenvalue weighted by molar-refractivity contribution is -0.00370. The summed E-state index contributed by atoms with van der Waals surface area (Å²) in [6.07, 6.45) is -0.107. The second kappa shape index (κ2) is 4.54. The number of fused-ring (bicyclic) bond motifs is 1. The highest BCUT2D eigenvalue weighted by molar-refractivity contribution is 5.82. The Hall–Kier alpha value is -1.97. The predicted octanol–water partition coefficient (Wildman–Crippen LogP) is -1.73. The quantitative estimate of drug-likeness (QED) is 0.434. The smallest absolute Gasteiger partial charge is 0.224 e. The molecule has 2 aromatic rings. The van der Waals surface area contributed by atoms with Gasteiger partial charge in [0.25, 0.3) is 0 Å². The van der Waals surface area contributed by atoms with Gasteiger partial charge in [-0.2, -0.15) is 9.97 Å². The van der Waals surface area contributed by atoms with Crippen molar-refractivity contribution in [3.63, 3.8) is 0 Å². The number of nitrogens with zero attached hydrogens (tertiary/aromatic N) is 4. The van der Waals surface area contributed by atoms with E-state index in [1.54, 1.807) is 4.57 Å². The molecule has 1 aliphatic carbocycles. The van der Waals surface area contributed by atoms with Gasteiger partial charge in [-0.05, 0) is 6.42 Å². The molecule has 9 heteroatoms. The minimum Gasteiger partial charge on any atom is -0.396 e. The summed E-state index contributed by atoms with van der Waals surface area (Å²) in [7, 11) is 0. The van der Waals surface area contributed by atoms with Crippen molar-refractivity contribution in [1.82, 2.24) is 19.5 Å². The largest absolute Gasteiger partial charge is 0.396 e. The van der Waals surface area contributed by atoms with Gasteiger partial charge in [0.2, 0.25) is 5.95 Å². The molecule has 1 saturated carbocycles. The molecule has 3 rings (SSSR count). The van der Waals surface area contributed by atoms with Gasteiger partial charge >= 0.3 is 0 Å². The zero-order valence-electron chi connectivity index (χ0n) is 10.6. The number of aliphatic hydroxyl groups excluding tert-OH is 3. The van der Waals surface area contributed by atoms with Crippen molar-refractivity contribution in [2.24, 2.45) is 5.92 Å². The first-order valence-corrected chi connectivity index (χ1v) is 6.25. The van der Waals surface area contributed by atoms with Gasteiger partial charge in [0.15, 0.2) is 11.5 Å². The first-order valence-electron chi connectivity index (χ1n) is 6.25. The first-order chi connectivity index (χ1) is 9.52. The summed E-state index contributed by atoms with van der Waals surface area (Å²) >= 11 is 0. The minimum atomic E-state index is -1.01. The van der Waals surface area contributed by atoms with Gasteiger partial charge in [-0.25, -0.2) is 4.98 Å². The monoisotopic (exact) mass is 280 g/mol. The van der Waals surface area contributed by atoms with E-state index in [-0.39, 0.29) is 24.3 Å². The summed E-state index contributed by atoms with van der Waals surface area (Å²) in [4.78, 5) is 12.0. The van der Waals surface area contributed by atoms with Gasteiger partial charge < -0.3 is 31.4 Å². The maximum Gasteiger partial charge on any atom is 0.224 e. The molecule has 0 unspecified atom stereocenters. The number of aliphatic hydroxyl groups is 3. The maximum absolute atomic E-state index is 10.1. The first kappa shape index (κ1) is 13.0. The highest BCUT2D eigenvalue weighted by atomic mass is 16.3. The normalized spacial score (nSPS) is 30.1. The molecule has 7 N–H and O–H groups in total. The Morgan fingerprint density at radius 1 is 1.25 bits per heavy atom. The number of imidazole rings is 1. The van der Waals surface area contributed by atoms with Crippen LogP contribution in [0.15, 0.2) is 6.33 Å². The van der Waals surface area contributed by atoms with Crippen LogP contribution in [0.25, 0.3) is 11.2 Å². The number of hydrogen-bond acceptors (Lipinski definition) is 8. The Kier molecular flexibility index (Phi) is 2.96. The Labute approximate surface area is 113 Å². The van der Waals surface area contributed by atoms with E-state index in [9.17, 15) is 15.3 Å². The fourth-order valence-corrected chi connectivity index (χ4v) is 2.75. The highest BCUT2D eigenvalue weighted by Crippen LogP contribution is 2.36. The van der Waals surface area contributed by atoms with Crippen molar-refractivity contribution >= 4 is 22.9 Å². The minimum absolute atomic E-state index is 0.0171. The van der Waals surface area contributed by atoms with Crippen LogP contribution < -0.4 is 11.5 Å². The number of rotatable bonds is 2. The van der Waals surface area contributed by atoms with Gasteiger partial charge in [-0.3, -0.25) is 0 Å². The lowest BCUT2D eigenvalue weighted by atomic mass is 10.1. The average molecular weight is 280 g/mol. The number of aromatic nitrogens is 4. The summed E-state index contributed by atoms with van der Waals surface area (Å²) in [5, 5.41) is 29.2. The molecule has 2 heterocycles. The zero-order valence-corrected chi connectivity index (χ0v) is 10.6. The van der Waals surface area contributed by atoms with Crippen molar-refractivity contribution in [3.8, 4) is 0 Å². The number of anilines is 2. The molecular weight excluding hydrogens is 264 g/mol. The van der Waals surface area contributed by atoms with Crippen LogP contribution in [0.2, 0.25) is 0 Å². The molecule has 1 aliphatic rings. The van der Waals surface area contributed by atoms with Crippen LogP contribution in [0.5, 0.6) is 0 Å². The molecule has 9 nitrogen and oxygen atoms in total. The summed E-state index contributed by atoms with van der Waals surface area (Å²) in [6.45, 7) is -0.194. The van der Waals surface area contributed by atoms with Crippen LogP contribution in [-0.2, 0) is 0 Å². The van der Waals surface area contributed by atoms with Crippen molar-refractivity contribution in [2.75, 3.05) is 18.1 Å². The summed E-state index contributed by atoms with van der Waals surface area (Å²) in [5.74, 6) is -0.203. The van der Waals surface area contributed by atoms with Gasteiger partial charge in [0.1, 0.15) is 11.6 Å². The average Bonchev–Trinajstić information content (AvgIpc) is 2.93. The number of hydrogen-bond donors (Lipinski definition) is 5. The number of nitrogen functional groups attached to an aromatic ring is 2. The van der Waals surface area contributed by atoms with E-state index in [1.165, 1.54) is 6.33 Å².